The number of aliphatic hydroxyl groups is 1. The van der Waals surface area contributed by atoms with E-state index >= 15 is 0 Å². The fourth-order valence-corrected chi connectivity index (χ4v) is 3.29. The van der Waals surface area contributed by atoms with Crippen LogP contribution in [0.2, 0.25) is 0 Å². The monoisotopic (exact) mass is 298 g/mol. The predicted octanol–water partition coefficient (Wildman–Crippen LogP) is 2.55. The number of hydrogen-bond acceptors (Lipinski definition) is 2. The molecule has 1 aliphatic heterocycles. The zero-order valence-corrected chi connectivity index (χ0v) is 13.1. The highest BCUT2D eigenvalue weighted by Crippen LogP contribution is 2.24. The third-order valence-electron chi connectivity index (χ3n) is 4.51. The Hall–Kier alpha value is -2.07. The lowest BCUT2D eigenvalue weighted by Crippen LogP contribution is -2.29. The summed E-state index contributed by atoms with van der Waals surface area (Å²) in [6.45, 7) is 5.57. The van der Waals surface area contributed by atoms with Crippen LogP contribution in [0.4, 0.5) is 0 Å². The van der Waals surface area contributed by atoms with Crippen molar-refractivity contribution in [1.29, 1.82) is 0 Å². The van der Waals surface area contributed by atoms with E-state index in [1.165, 1.54) is 0 Å². The summed E-state index contributed by atoms with van der Waals surface area (Å²) in [5, 5.41) is 9.25. The number of hydrogen-bond donors (Lipinski definition) is 1. The third kappa shape index (κ3) is 2.55. The molecule has 1 amide bonds. The van der Waals surface area contributed by atoms with E-state index in [9.17, 15) is 9.90 Å². The molecule has 22 heavy (non-hydrogen) atoms. The molecule has 1 fully saturated rings. The lowest BCUT2D eigenvalue weighted by molar-refractivity contribution is 0.0781. The van der Waals surface area contributed by atoms with Gasteiger partial charge in [0.2, 0.25) is 0 Å². The maximum atomic E-state index is 12.8. The largest absolute Gasteiger partial charge is 0.396 e. The number of likely N-dealkylation sites (tertiary alicyclic amines) is 1. The summed E-state index contributed by atoms with van der Waals surface area (Å²) < 4.78 is 2.12. The van der Waals surface area contributed by atoms with Gasteiger partial charge in [-0.2, -0.15) is 0 Å². The van der Waals surface area contributed by atoms with Crippen molar-refractivity contribution in [2.45, 2.75) is 20.3 Å². The van der Waals surface area contributed by atoms with Crippen LogP contribution in [-0.2, 0) is 0 Å². The number of aromatic nitrogens is 1. The van der Waals surface area contributed by atoms with Crippen molar-refractivity contribution in [2.24, 2.45) is 5.92 Å². The molecule has 2 aromatic rings. The summed E-state index contributed by atoms with van der Waals surface area (Å²) in [4.78, 5) is 14.6. The lowest BCUT2D eigenvalue weighted by Gasteiger charge is -2.16. The van der Waals surface area contributed by atoms with Gasteiger partial charge in [0.05, 0.1) is 5.56 Å². The van der Waals surface area contributed by atoms with Crippen LogP contribution in [0.3, 0.4) is 0 Å². The fraction of sp³-hybridized carbons (Fsp3) is 0.389. The molecule has 1 aromatic carbocycles. The molecule has 1 N–H and O–H groups in total. The van der Waals surface area contributed by atoms with Crippen LogP contribution < -0.4 is 0 Å². The van der Waals surface area contributed by atoms with Gasteiger partial charge < -0.3 is 14.6 Å². The summed E-state index contributed by atoms with van der Waals surface area (Å²) in [5.41, 5.74) is 3.87. The minimum Gasteiger partial charge on any atom is -0.396 e. The molecule has 1 aromatic heterocycles. The molecule has 4 nitrogen and oxygen atoms in total. The molecule has 0 saturated carbocycles. The molecule has 0 spiro atoms. The van der Waals surface area contributed by atoms with Gasteiger partial charge in [0.25, 0.3) is 5.91 Å². The van der Waals surface area contributed by atoms with Crippen molar-refractivity contribution in [3.05, 3.63) is 53.3 Å². The Kier molecular flexibility index (Phi) is 4.03. The third-order valence-corrected chi connectivity index (χ3v) is 4.51. The van der Waals surface area contributed by atoms with E-state index in [1.807, 2.05) is 55.1 Å². The number of amides is 1. The van der Waals surface area contributed by atoms with E-state index in [-0.39, 0.29) is 18.4 Å². The van der Waals surface area contributed by atoms with Crippen molar-refractivity contribution < 1.29 is 9.90 Å². The standard InChI is InChI=1S/C18H22N2O2/c1-13-10-17(18(22)19-9-8-15(11-19)12-21)14(2)20(13)16-6-4-3-5-7-16/h3-7,10,15,21H,8-9,11-12H2,1-2H3. The topological polar surface area (TPSA) is 45.5 Å². The molecule has 1 aliphatic rings. The maximum absolute atomic E-state index is 12.8. The maximum Gasteiger partial charge on any atom is 0.255 e. The highest BCUT2D eigenvalue weighted by Gasteiger charge is 2.28. The number of rotatable bonds is 3. The van der Waals surface area contributed by atoms with E-state index in [1.54, 1.807) is 0 Å². The van der Waals surface area contributed by atoms with Gasteiger partial charge in [0, 0.05) is 42.7 Å². The number of para-hydroxylation sites is 1. The molecule has 0 radical (unpaired) electrons. The number of carbonyl (C=O) groups is 1. The van der Waals surface area contributed by atoms with Crippen LogP contribution in [0.1, 0.15) is 28.2 Å². The minimum atomic E-state index is 0.0752. The van der Waals surface area contributed by atoms with Crippen LogP contribution in [-0.4, -0.2) is 40.2 Å². The zero-order valence-electron chi connectivity index (χ0n) is 13.1. The zero-order chi connectivity index (χ0) is 15.7. The van der Waals surface area contributed by atoms with Gasteiger partial charge in [-0.3, -0.25) is 4.79 Å². The van der Waals surface area contributed by atoms with Crippen LogP contribution in [0.25, 0.3) is 5.69 Å². The molecule has 0 bridgehead atoms. The number of nitrogens with zero attached hydrogens (tertiary/aromatic N) is 2. The van der Waals surface area contributed by atoms with Crippen molar-refractivity contribution in [2.75, 3.05) is 19.7 Å². The van der Waals surface area contributed by atoms with E-state index in [0.29, 0.717) is 6.54 Å². The van der Waals surface area contributed by atoms with Gasteiger partial charge in [-0.15, -0.1) is 0 Å². The summed E-state index contributed by atoms with van der Waals surface area (Å²) in [7, 11) is 0. The molecule has 116 valence electrons. The first-order valence-corrected chi connectivity index (χ1v) is 7.76. The first kappa shape index (κ1) is 14.9. The van der Waals surface area contributed by atoms with Gasteiger partial charge in [-0.25, -0.2) is 0 Å². The Morgan fingerprint density at radius 1 is 1.27 bits per heavy atom. The minimum absolute atomic E-state index is 0.0752. The van der Waals surface area contributed by atoms with Gasteiger partial charge in [-0.05, 0) is 38.5 Å². The summed E-state index contributed by atoms with van der Waals surface area (Å²) in [6, 6.07) is 12.1. The second kappa shape index (κ2) is 5.97. The van der Waals surface area contributed by atoms with E-state index in [4.69, 9.17) is 0 Å². The Labute approximate surface area is 131 Å². The Morgan fingerprint density at radius 3 is 2.64 bits per heavy atom. The normalized spacial score (nSPS) is 18.0. The molecule has 2 heterocycles. The van der Waals surface area contributed by atoms with Crippen molar-refractivity contribution in [3.63, 3.8) is 0 Å². The van der Waals surface area contributed by atoms with E-state index in [2.05, 4.69) is 4.57 Å². The molecular formula is C18H22N2O2. The smallest absolute Gasteiger partial charge is 0.255 e. The predicted molar refractivity (Wildman–Crippen MR) is 86.3 cm³/mol. The Morgan fingerprint density at radius 2 is 2.00 bits per heavy atom. The van der Waals surface area contributed by atoms with Crippen molar-refractivity contribution in [3.8, 4) is 5.69 Å². The van der Waals surface area contributed by atoms with Gasteiger partial charge >= 0.3 is 0 Å². The van der Waals surface area contributed by atoms with Crippen LogP contribution in [0, 0.1) is 19.8 Å². The van der Waals surface area contributed by atoms with Crippen molar-refractivity contribution >= 4 is 5.91 Å². The highest BCUT2D eigenvalue weighted by atomic mass is 16.3. The van der Waals surface area contributed by atoms with Gasteiger partial charge in [-0.1, -0.05) is 18.2 Å². The van der Waals surface area contributed by atoms with Crippen LogP contribution >= 0.6 is 0 Å². The summed E-state index contributed by atoms with van der Waals surface area (Å²) in [5.74, 6) is 0.299. The van der Waals surface area contributed by atoms with E-state index in [0.717, 1.165) is 35.6 Å². The Bertz CT molecular complexity index is 676. The average molecular weight is 298 g/mol. The number of aryl methyl sites for hydroxylation is 1. The van der Waals surface area contributed by atoms with E-state index < -0.39 is 0 Å². The van der Waals surface area contributed by atoms with Gasteiger partial charge in [0.1, 0.15) is 0 Å². The number of carbonyl (C=O) groups excluding carboxylic acids is 1. The van der Waals surface area contributed by atoms with Crippen LogP contribution in [0.15, 0.2) is 36.4 Å². The quantitative estimate of drug-likeness (QED) is 0.946. The van der Waals surface area contributed by atoms with Crippen molar-refractivity contribution in [1.82, 2.24) is 9.47 Å². The summed E-state index contributed by atoms with van der Waals surface area (Å²) >= 11 is 0. The summed E-state index contributed by atoms with van der Waals surface area (Å²) in [6.07, 6.45) is 0.889. The fourth-order valence-electron chi connectivity index (χ4n) is 3.29. The molecule has 1 atom stereocenters. The molecule has 4 heteroatoms. The first-order chi connectivity index (χ1) is 10.6. The SMILES string of the molecule is Cc1cc(C(=O)N2CCC(CO)C2)c(C)n1-c1ccccc1. The average Bonchev–Trinajstić information content (AvgIpc) is 3.12. The molecular weight excluding hydrogens is 276 g/mol. The molecule has 1 unspecified atom stereocenters. The second-order valence-electron chi connectivity index (χ2n) is 6.04. The first-order valence-electron chi connectivity index (χ1n) is 7.76. The molecule has 1 saturated heterocycles. The van der Waals surface area contributed by atoms with Crippen LogP contribution in [0.5, 0.6) is 0 Å². The number of aliphatic hydroxyl groups excluding tert-OH is 1. The Balaban J connectivity index is 1.91. The molecule has 3 rings (SSSR count). The molecule has 0 aliphatic carbocycles. The second-order valence-corrected chi connectivity index (χ2v) is 6.04. The number of benzene rings is 1. The highest BCUT2D eigenvalue weighted by molar-refractivity contribution is 5.96. The lowest BCUT2D eigenvalue weighted by atomic mass is 10.1. The van der Waals surface area contributed by atoms with Gasteiger partial charge in [0.15, 0.2) is 0 Å².